The van der Waals surface area contributed by atoms with Crippen molar-refractivity contribution in [3.05, 3.63) is 72.1 Å². The third kappa shape index (κ3) is 3.96. The number of hydrogen-bond acceptors (Lipinski definition) is 3. The average Bonchev–Trinajstić information content (AvgIpc) is 2.53. The Bertz CT molecular complexity index is 687. The van der Waals surface area contributed by atoms with Gasteiger partial charge in [0.15, 0.2) is 5.78 Å². The summed E-state index contributed by atoms with van der Waals surface area (Å²) in [5, 5.41) is 0. The van der Waals surface area contributed by atoms with Crippen molar-refractivity contribution in [2.75, 3.05) is 6.54 Å². The Morgan fingerprint density at radius 2 is 1.90 bits per heavy atom. The van der Waals surface area contributed by atoms with Gasteiger partial charge in [-0.1, -0.05) is 36.4 Å². The van der Waals surface area contributed by atoms with Gasteiger partial charge in [0.1, 0.15) is 6.54 Å². The molecule has 0 atom stereocenters. The fraction of sp³-hybridized carbons (Fsp3) is 0.167. The first-order valence-electron chi connectivity index (χ1n) is 6.79. The second kappa shape index (κ2) is 6.75. The Morgan fingerprint density at radius 1 is 1.14 bits per heavy atom. The van der Waals surface area contributed by atoms with Crippen LogP contribution in [0.1, 0.15) is 35.5 Å². The molecule has 21 heavy (non-hydrogen) atoms. The Labute approximate surface area is 125 Å². The van der Waals surface area contributed by atoms with Gasteiger partial charge < -0.3 is 0 Å². The number of carbonyl (C=O) groups is 1. The van der Waals surface area contributed by atoms with Gasteiger partial charge >= 0.3 is 0 Å². The van der Waals surface area contributed by atoms with Gasteiger partial charge in [-0.25, -0.2) is 0 Å². The molecule has 0 saturated carbocycles. The number of aromatic nitrogens is 1. The van der Waals surface area contributed by atoms with Crippen molar-refractivity contribution in [1.29, 1.82) is 0 Å². The van der Waals surface area contributed by atoms with Crippen LogP contribution in [0.3, 0.4) is 0 Å². The van der Waals surface area contributed by atoms with E-state index in [0.717, 1.165) is 22.5 Å². The molecule has 1 heterocycles. The number of nitrogens with zero attached hydrogens (tertiary/aromatic N) is 2. The van der Waals surface area contributed by atoms with Crippen LogP contribution in [-0.4, -0.2) is 23.0 Å². The number of benzene rings is 1. The number of ketones is 1. The number of hydrogen-bond donors (Lipinski definition) is 0. The molecular formula is C18H18N2O. The van der Waals surface area contributed by atoms with Crippen molar-refractivity contribution >= 4 is 17.1 Å². The molecule has 0 saturated heterocycles. The van der Waals surface area contributed by atoms with E-state index in [9.17, 15) is 4.79 Å². The predicted molar refractivity (Wildman–Crippen MR) is 86.8 cm³/mol. The molecule has 2 rings (SSSR count). The van der Waals surface area contributed by atoms with Gasteiger partial charge in [0.2, 0.25) is 0 Å². The first kappa shape index (κ1) is 14.9. The van der Waals surface area contributed by atoms with Crippen LogP contribution < -0.4 is 0 Å². The molecule has 0 aliphatic rings. The maximum atomic E-state index is 12.2. The first-order chi connectivity index (χ1) is 10.1. The van der Waals surface area contributed by atoms with Crippen molar-refractivity contribution in [2.24, 2.45) is 4.99 Å². The zero-order chi connectivity index (χ0) is 15.2. The summed E-state index contributed by atoms with van der Waals surface area (Å²) in [5.74, 6) is -0.00613. The second-order valence-electron chi connectivity index (χ2n) is 4.90. The lowest BCUT2D eigenvalue weighted by atomic mass is 10.0. The van der Waals surface area contributed by atoms with E-state index in [4.69, 9.17) is 0 Å². The van der Waals surface area contributed by atoms with Crippen LogP contribution in [0.2, 0.25) is 0 Å². The van der Waals surface area contributed by atoms with E-state index in [1.165, 1.54) is 0 Å². The Kier molecular flexibility index (Phi) is 4.77. The standard InChI is InChI=1S/C18H18N2O/c1-13(2)15-7-6-8-16(11-15)18(21)12-20-14(3)17-9-4-5-10-19-17/h4-11H,1,12H2,2-3H3. The molecule has 0 spiro atoms. The number of Topliss-reactive ketones (excluding diaryl/α,β-unsaturated/α-hetero) is 1. The maximum absolute atomic E-state index is 12.2. The molecule has 1 aromatic carbocycles. The van der Waals surface area contributed by atoms with Crippen molar-refractivity contribution in [3.63, 3.8) is 0 Å². The molecule has 1 aromatic heterocycles. The Balaban J connectivity index is 2.12. The van der Waals surface area contributed by atoms with Gasteiger partial charge in [-0.05, 0) is 37.6 Å². The highest BCUT2D eigenvalue weighted by Crippen LogP contribution is 2.14. The lowest BCUT2D eigenvalue weighted by Crippen LogP contribution is -2.07. The monoisotopic (exact) mass is 278 g/mol. The molecule has 0 bridgehead atoms. The van der Waals surface area contributed by atoms with Crippen LogP contribution in [0.4, 0.5) is 0 Å². The zero-order valence-corrected chi connectivity index (χ0v) is 12.3. The van der Waals surface area contributed by atoms with Crippen molar-refractivity contribution < 1.29 is 4.79 Å². The molecule has 106 valence electrons. The molecule has 0 aliphatic heterocycles. The van der Waals surface area contributed by atoms with Crippen molar-refractivity contribution in [1.82, 2.24) is 4.98 Å². The minimum Gasteiger partial charge on any atom is -0.292 e. The van der Waals surface area contributed by atoms with Crippen molar-refractivity contribution in [2.45, 2.75) is 13.8 Å². The van der Waals surface area contributed by atoms with Gasteiger partial charge in [-0.2, -0.15) is 0 Å². The van der Waals surface area contributed by atoms with E-state index >= 15 is 0 Å². The lowest BCUT2D eigenvalue weighted by Gasteiger charge is -2.04. The van der Waals surface area contributed by atoms with E-state index in [0.29, 0.717) is 5.56 Å². The van der Waals surface area contributed by atoms with Crippen LogP contribution in [0.15, 0.2) is 60.2 Å². The summed E-state index contributed by atoms with van der Waals surface area (Å²) >= 11 is 0. The Hall–Kier alpha value is -2.55. The van der Waals surface area contributed by atoms with Crippen LogP contribution in [0.5, 0.6) is 0 Å². The summed E-state index contributed by atoms with van der Waals surface area (Å²) < 4.78 is 0. The molecule has 0 unspecified atom stereocenters. The highest BCUT2D eigenvalue weighted by Gasteiger charge is 2.07. The molecule has 0 fully saturated rings. The molecule has 0 aliphatic carbocycles. The van der Waals surface area contributed by atoms with Gasteiger partial charge in [0, 0.05) is 11.8 Å². The molecule has 0 N–H and O–H groups in total. The van der Waals surface area contributed by atoms with E-state index in [2.05, 4.69) is 16.6 Å². The zero-order valence-electron chi connectivity index (χ0n) is 12.3. The highest BCUT2D eigenvalue weighted by atomic mass is 16.1. The number of allylic oxidation sites excluding steroid dienone is 1. The normalized spacial score (nSPS) is 11.2. The fourth-order valence-corrected chi connectivity index (χ4v) is 1.90. The summed E-state index contributed by atoms with van der Waals surface area (Å²) in [7, 11) is 0. The summed E-state index contributed by atoms with van der Waals surface area (Å²) in [5.41, 5.74) is 4.14. The predicted octanol–water partition coefficient (Wildman–Crippen LogP) is 3.81. The molecule has 2 aromatic rings. The van der Waals surface area contributed by atoms with Crippen LogP contribution in [-0.2, 0) is 0 Å². The van der Waals surface area contributed by atoms with Crippen LogP contribution >= 0.6 is 0 Å². The van der Waals surface area contributed by atoms with E-state index in [1.54, 1.807) is 12.3 Å². The third-order valence-corrected chi connectivity index (χ3v) is 3.17. The van der Waals surface area contributed by atoms with E-state index in [1.807, 2.05) is 50.2 Å². The molecule has 3 heteroatoms. The lowest BCUT2D eigenvalue weighted by molar-refractivity contribution is 0.100. The fourth-order valence-electron chi connectivity index (χ4n) is 1.90. The van der Waals surface area contributed by atoms with Gasteiger partial charge in [0.25, 0.3) is 0 Å². The summed E-state index contributed by atoms with van der Waals surface area (Å²) in [6.45, 7) is 7.80. The molecule has 0 radical (unpaired) electrons. The van der Waals surface area contributed by atoms with Gasteiger partial charge in [-0.15, -0.1) is 0 Å². The summed E-state index contributed by atoms with van der Waals surface area (Å²) in [4.78, 5) is 20.7. The van der Waals surface area contributed by atoms with E-state index in [-0.39, 0.29) is 12.3 Å². The highest BCUT2D eigenvalue weighted by molar-refractivity contribution is 6.02. The maximum Gasteiger partial charge on any atom is 0.184 e. The van der Waals surface area contributed by atoms with Gasteiger partial charge in [0.05, 0.1) is 11.4 Å². The van der Waals surface area contributed by atoms with E-state index < -0.39 is 0 Å². The number of pyridine rings is 1. The number of carbonyl (C=O) groups excluding carboxylic acids is 1. The SMILES string of the molecule is C=C(C)c1cccc(C(=O)CN=C(C)c2ccccn2)c1. The largest absolute Gasteiger partial charge is 0.292 e. The van der Waals surface area contributed by atoms with Crippen LogP contribution in [0, 0.1) is 0 Å². The molecular weight excluding hydrogens is 260 g/mol. The Morgan fingerprint density at radius 3 is 2.57 bits per heavy atom. The smallest absolute Gasteiger partial charge is 0.184 e. The third-order valence-electron chi connectivity index (χ3n) is 3.17. The molecule has 0 amide bonds. The minimum absolute atomic E-state index is 0.00613. The summed E-state index contributed by atoms with van der Waals surface area (Å²) in [6.07, 6.45) is 1.71. The van der Waals surface area contributed by atoms with Gasteiger partial charge in [-0.3, -0.25) is 14.8 Å². The quantitative estimate of drug-likeness (QED) is 0.616. The number of aliphatic imine (C=N–C) groups is 1. The summed E-state index contributed by atoms with van der Waals surface area (Å²) in [6, 6.07) is 13.1. The topological polar surface area (TPSA) is 42.3 Å². The first-order valence-corrected chi connectivity index (χ1v) is 6.79. The van der Waals surface area contributed by atoms with Crippen LogP contribution in [0.25, 0.3) is 5.57 Å². The average molecular weight is 278 g/mol. The minimum atomic E-state index is -0.00613. The van der Waals surface area contributed by atoms with Crippen molar-refractivity contribution in [3.8, 4) is 0 Å². The second-order valence-corrected chi connectivity index (χ2v) is 4.90. The number of rotatable bonds is 5. The molecule has 3 nitrogen and oxygen atoms in total.